The van der Waals surface area contributed by atoms with Gasteiger partial charge in [-0.3, -0.25) is 0 Å². The van der Waals surface area contributed by atoms with Crippen molar-refractivity contribution < 1.29 is 4.74 Å². The molecule has 3 nitrogen and oxygen atoms in total. The van der Waals surface area contributed by atoms with Gasteiger partial charge >= 0.3 is 0 Å². The predicted octanol–water partition coefficient (Wildman–Crippen LogP) is 10.4. The molecule has 1 unspecified atom stereocenters. The van der Waals surface area contributed by atoms with E-state index in [4.69, 9.17) is 4.74 Å². The van der Waals surface area contributed by atoms with Gasteiger partial charge in [-0.05, 0) is 92.5 Å². The van der Waals surface area contributed by atoms with E-state index in [1.54, 1.807) is 0 Å². The summed E-state index contributed by atoms with van der Waals surface area (Å²) >= 11 is 2.04. The lowest BCUT2D eigenvalue weighted by Gasteiger charge is -2.34. The van der Waals surface area contributed by atoms with E-state index in [9.17, 15) is 0 Å². The van der Waals surface area contributed by atoms with Crippen LogP contribution in [0.1, 0.15) is 143 Å². The summed E-state index contributed by atoms with van der Waals surface area (Å²) in [5, 5.41) is 3.11. The average Bonchev–Trinajstić information content (AvgIpc) is 2.41. The lowest BCUT2D eigenvalue weighted by molar-refractivity contribution is 0.0367. The van der Waals surface area contributed by atoms with Gasteiger partial charge in [0.05, 0.1) is 0 Å². The van der Waals surface area contributed by atoms with Crippen LogP contribution < -0.4 is 5.32 Å². The summed E-state index contributed by atoms with van der Waals surface area (Å²) in [4.78, 5) is 2.35. The first kappa shape index (κ1) is 45.2. The molecule has 4 aliphatic heterocycles. The highest BCUT2D eigenvalue weighted by Gasteiger charge is 2.17. The Balaban J connectivity index is -0.000000174. The van der Waals surface area contributed by atoms with Crippen molar-refractivity contribution in [3.8, 4) is 0 Å². The van der Waals surface area contributed by atoms with Crippen LogP contribution in [-0.4, -0.2) is 62.3 Å². The fourth-order valence-electron chi connectivity index (χ4n) is 1.11. The van der Waals surface area contributed by atoms with Crippen molar-refractivity contribution in [3.63, 3.8) is 0 Å². The minimum absolute atomic E-state index is 0.500. The zero-order valence-electron chi connectivity index (χ0n) is 30.1. The van der Waals surface area contributed by atoms with Crippen LogP contribution in [0.25, 0.3) is 0 Å². The molecule has 4 rings (SSSR count). The molecule has 0 spiro atoms. The van der Waals surface area contributed by atoms with Gasteiger partial charge in [-0.25, -0.2) is 0 Å². The molecule has 236 valence electrons. The normalized spacial score (nSPS) is 19.6. The minimum Gasteiger partial charge on any atom is -0.381 e. The van der Waals surface area contributed by atoms with Crippen molar-refractivity contribution in [2.75, 3.05) is 51.4 Å². The van der Waals surface area contributed by atoms with Crippen molar-refractivity contribution in [1.29, 1.82) is 0 Å². The summed E-state index contributed by atoms with van der Waals surface area (Å²) in [5.74, 6) is 2.83. The number of likely N-dealkylation sites (tertiary alicyclic amines) is 1. The number of thioether (sulfide) groups is 1. The number of nitrogens with one attached hydrogen (secondary N) is 1. The Morgan fingerprint density at radius 1 is 0.605 bits per heavy atom. The number of ether oxygens (including phenoxy) is 1. The molecular formula is C34H78N2OS. The minimum atomic E-state index is 0.500. The van der Waals surface area contributed by atoms with Crippen LogP contribution in [0.5, 0.6) is 0 Å². The maximum atomic E-state index is 4.72. The van der Waals surface area contributed by atoms with Crippen molar-refractivity contribution >= 4 is 11.8 Å². The van der Waals surface area contributed by atoms with E-state index in [1.807, 2.05) is 11.8 Å². The van der Waals surface area contributed by atoms with Crippen molar-refractivity contribution in [3.05, 3.63) is 0 Å². The quantitative estimate of drug-likeness (QED) is 0.317. The zero-order chi connectivity index (χ0) is 31.1. The van der Waals surface area contributed by atoms with E-state index in [0.29, 0.717) is 21.7 Å². The standard InChI is InChI=1S/C5H11N.4C5H12.C3H7N.C3H6O.C3H6S/c1-5-3-4-6(5)2;4*1-5(2,3)4;3*1-2-4-3-1/h5H,3-4H2,1-2H3;4*1-4H3;4H,1-3H2;2*1-3H2. The van der Waals surface area contributed by atoms with E-state index < -0.39 is 0 Å². The van der Waals surface area contributed by atoms with Crippen molar-refractivity contribution in [1.82, 2.24) is 10.2 Å². The Kier molecular flexibility index (Phi) is 29.7. The van der Waals surface area contributed by atoms with Gasteiger partial charge in [-0.15, -0.1) is 0 Å². The molecule has 4 saturated heterocycles. The monoisotopic (exact) mass is 563 g/mol. The summed E-state index contributed by atoms with van der Waals surface area (Å²) in [5.41, 5.74) is 2.00. The third-order valence-corrected chi connectivity index (χ3v) is 4.67. The van der Waals surface area contributed by atoms with Gasteiger partial charge in [0.15, 0.2) is 0 Å². The first-order valence-corrected chi connectivity index (χ1v) is 16.5. The number of hydrogen-bond donors (Lipinski definition) is 1. The maximum absolute atomic E-state index is 4.72. The van der Waals surface area contributed by atoms with Gasteiger partial charge in [0.2, 0.25) is 0 Å². The molecule has 4 heterocycles. The molecule has 0 aromatic carbocycles. The van der Waals surface area contributed by atoms with Gasteiger partial charge < -0.3 is 15.0 Å². The second-order valence-electron chi connectivity index (χ2n) is 17.2. The molecule has 0 bridgehead atoms. The highest BCUT2D eigenvalue weighted by atomic mass is 32.2. The van der Waals surface area contributed by atoms with Crippen LogP contribution in [0.4, 0.5) is 0 Å². The molecule has 4 fully saturated rings. The lowest BCUT2D eigenvalue weighted by atomic mass is 10.0. The van der Waals surface area contributed by atoms with Gasteiger partial charge in [0.25, 0.3) is 0 Å². The van der Waals surface area contributed by atoms with E-state index in [1.165, 1.54) is 56.8 Å². The first-order chi connectivity index (χ1) is 16.8. The molecule has 38 heavy (non-hydrogen) atoms. The lowest BCUT2D eigenvalue weighted by Crippen LogP contribution is -2.41. The van der Waals surface area contributed by atoms with Crippen LogP contribution in [0, 0.1) is 21.7 Å². The Hall–Kier alpha value is 0.230. The molecular weight excluding hydrogens is 484 g/mol. The first-order valence-electron chi connectivity index (χ1n) is 15.4. The maximum Gasteiger partial charge on any atom is 0.0488 e. The predicted molar refractivity (Wildman–Crippen MR) is 182 cm³/mol. The van der Waals surface area contributed by atoms with Gasteiger partial charge in [0, 0.05) is 19.3 Å². The van der Waals surface area contributed by atoms with E-state index >= 15 is 0 Å². The Bertz CT molecular complexity index is 344. The summed E-state index contributed by atoms with van der Waals surface area (Å²) in [6.45, 7) is 43.1. The van der Waals surface area contributed by atoms with Crippen LogP contribution in [0.3, 0.4) is 0 Å². The molecule has 0 saturated carbocycles. The molecule has 0 radical (unpaired) electrons. The number of rotatable bonds is 0. The Morgan fingerprint density at radius 2 is 0.763 bits per heavy atom. The largest absolute Gasteiger partial charge is 0.381 e. The Labute approximate surface area is 248 Å². The highest BCUT2D eigenvalue weighted by molar-refractivity contribution is 8.00. The van der Waals surface area contributed by atoms with Gasteiger partial charge in [-0.1, -0.05) is 111 Å². The SMILES string of the molecule is C1CNC1.C1COC1.C1CSC1.CC(C)(C)C.CC(C)(C)C.CC(C)(C)C.CC(C)(C)C.CC1CCN1C. The molecule has 4 heteroatoms. The van der Waals surface area contributed by atoms with Gasteiger partial charge in [0.1, 0.15) is 0 Å². The van der Waals surface area contributed by atoms with E-state index in [-0.39, 0.29) is 0 Å². The Morgan fingerprint density at radius 3 is 0.763 bits per heavy atom. The highest BCUT2D eigenvalue weighted by Crippen LogP contribution is 2.14. The van der Waals surface area contributed by atoms with E-state index in [2.05, 4.69) is 135 Å². The number of hydrogen-bond acceptors (Lipinski definition) is 4. The second-order valence-corrected chi connectivity index (χ2v) is 18.4. The zero-order valence-corrected chi connectivity index (χ0v) is 30.9. The summed E-state index contributed by atoms with van der Waals surface area (Å²) < 4.78 is 4.72. The molecule has 0 amide bonds. The topological polar surface area (TPSA) is 24.5 Å². The van der Waals surface area contributed by atoms with Crippen LogP contribution >= 0.6 is 11.8 Å². The van der Waals surface area contributed by atoms with Crippen LogP contribution in [-0.2, 0) is 4.74 Å². The van der Waals surface area contributed by atoms with Crippen LogP contribution in [0.2, 0.25) is 0 Å². The van der Waals surface area contributed by atoms with Gasteiger partial charge in [-0.2, -0.15) is 11.8 Å². The van der Waals surface area contributed by atoms with E-state index in [0.717, 1.165) is 19.3 Å². The molecule has 0 aromatic heterocycles. The number of nitrogens with zero attached hydrogens (tertiary/aromatic N) is 1. The molecule has 4 aliphatic rings. The average molecular weight is 563 g/mol. The van der Waals surface area contributed by atoms with Crippen LogP contribution in [0.15, 0.2) is 0 Å². The third kappa shape index (κ3) is 99.8. The van der Waals surface area contributed by atoms with Crippen molar-refractivity contribution in [2.24, 2.45) is 21.7 Å². The third-order valence-electron chi connectivity index (χ3n) is 3.51. The fourth-order valence-corrected chi connectivity index (χ4v) is 1.40. The molecule has 0 aliphatic carbocycles. The summed E-state index contributed by atoms with van der Waals surface area (Å²) in [7, 11) is 2.16. The molecule has 1 atom stereocenters. The second kappa shape index (κ2) is 25.0. The molecule has 1 N–H and O–H groups in total. The molecule has 0 aromatic rings. The van der Waals surface area contributed by atoms with Crippen molar-refractivity contribution in [2.45, 2.75) is 149 Å². The summed E-state index contributed by atoms with van der Waals surface area (Å²) in [6, 6.07) is 0.866. The smallest absolute Gasteiger partial charge is 0.0488 e. The summed E-state index contributed by atoms with van der Waals surface area (Å²) in [6.07, 6.45) is 5.53. The fraction of sp³-hybridized carbons (Fsp3) is 1.00.